The van der Waals surface area contributed by atoms with E-state index in [0.29, 0.717) is 0 Å². The lowest BCUT2D eigenvalue weighted by molar-refractivity contribution is 0.956. The molecule has 0 unspecified atom stereocenters. The van der Waals surface area contributed by atoms with Gasteiger partial charge in [0.1, 0.15) is 0 Å². The minimum Gasteiger partial charge on any atom is -0.355 e. The van der Waals surface area contributed by atoms with Crippen LogP contribution in [0.15, 0.2) is 36.4 Å². The predicted molar refractivity (Wildman–Crippen MR) is 73.0 cm³/mol. The molecule has 3 rings (SSSR count). The molecule has 17 heavy (non-hydrogen) atoms. The second-order valence-corrected chi connectivity index (χ2v) is 4.83. The first-order valence-electron chi connectivity index (χ1n) is 6.20. The maximum atomic E-state index is 3.58. The molecular weight excluding hydrogens is 206 g/mol. The molecule has 0 radical (unpaired) electrons. The summed E-state index contributed by atoms with van der Waals surface area (Å²) in [4.78, 5) is 0. The van der Waals surface area contributed by atoms with Crippen molar-refractivity contribution in [2.45, 2.75) is 26.7 Å². The van der Waals surface area contributed by atoms with Crippen LogP contribution < -0.4 is 5.32 Å². The van der Waals surface area contributed by atoms with Gasteiger partial charge in [-0.2, -0.15) is 0 Å². The number of benzene rings is 2. The van der Waals surface area contributed by atoms with Gasteiger partial charge in [-0.1, -0.05) is 24.3 Å². The average molecular weight is 223 g/mol. The van der Waals surface area contributed by atoms with Crippen LogP contribution in [0.1, 0.15) is 22.3 Å². The molecule has 0 aliphatic carbocycles. The van der Waals surface area contributed by atoms with Crippen LogP contribution in [0.5, 0.6) is 0 Å². The van der Waals surface area contributed by atoms with Crippen LogP contribution in [-0.2, 0) is 12.8 Å². The number of fused-ring (bicyclic) bond motifs is 2. The average Bonchev–Trinajstić information content (AvgIpc) is 2.50. The van der Waals surface area contributed by atoms with Gasteiger partial charge in [0.05, 0.1) is 0 Å². The van der Waals surface area contributed by atoms with E-state index in [-0.39, 0.29) is 0 Å². The van der Waals surface area contributed by atoms with Crippen LogP contribution in [0.25, 0.3) is 0 Å². The molecule has 0 spiro atoms. The van der Waals surface area contributed by atoms with Gasteiger partial charge < -0.3 is 5.32 Å². The Bertz CT molecular complexity index is 518. The van der Waals surface area contributed by atoms with E-state index in [1.54, 1.807) is 0 Å². The molecule has 0 saturated heterocycles. The Morgan fingerprint density at radius 1 is 0.765 bits per heavy atom. The molecule has 0 atom stereocenters. The van der Waals surface area contributed by atoms with Gasteiger partial charge >= 0.3 is 0 Å². The highest BCUT2D eigenvalue weighted by Crippen LogP contribution is 2.32. The van der Waals surface area contributed by atoms with Gasteiger partial charge in [-0.05, 0) is 61.1 Å². The first-order chi connectivity index (χ1) is 8.25. The summed E-state index contributed by atoms with van der Waals surface area (Å²) in [5.41, 5.74) is 8.25. The molecule has 1 aliphatic heterocycles. The normalized spacial score (nSPS) is 13.3. The highest BCUT2D eigenvalue weighted by atomic mass is 14.9. The fourth-order valence-electron chi connectivity index (χ4n) is 2.70. The lowest BCUT2D eigenvalue weighted by Crippen LogP contribution is -1.95. The third-order valence-electron chi connectivity index (χ3n) is 3.71. The third-order valence-corrected chi connectivity index (χ3v) is 3.71. The SMILES string of the molecule is Cc1cccc2c1CCc1c(C)cccc1N2. The van der Waals surface area contributed by atoms with Crippen molar-refractivity contribution in [3.63, 3.8) is 0 Å². The summed E-state index contributed by atoms with van der Waals surface area (Å²) >= 11 is 0. The van der Waals surface area contributed by atoms with Gasteiger partial charge in [0.2, 0.25) is 0 Å². The zero-order valence-corrected chi connectivity index (χ0v) is 10.4. The Morgan fingerprint density at radius 2 is 1.24 bits per heavy atom. The fourth-order valence-corrected chi connectivity index (χ4v) is 2.70. The molecule has 0 amide bonds. The molecule has 0 aromatic heterocycles. The van der Waals surface area contributed by atoms with Gasteiger partial charge in [-0.3, -0.25) is 0 Å². The van der Waals surface area contributed by atoms with Crippen LogP contribution >= 0.6 is 0 Å². The van der Waals surface area contributed by atoms with Crippen molar-refractivity contribution >= 4 is 11.4 Å². The number of hydrogen-bond donors (Lipinski definition) is 1. The summed E-state index contributed by atoms with van der Waals surface area (Å²) in [5.74, 6) is 0. The van der Waals surface area contributed by atoms with Gasteiger partial charge in [-0.15, -0.1) is 0 Å². The molecule has 0 saturated carbocycles. The van der Waals surface area contributed by atoms with Crippen LogP contribution in [-0.4, -0.2) is 0 Å². The highest BCUT2D eigenvalue weighted by molar-refractivity contribution is 5.70. The topological polar surface area (TPSA) is 12.0 Å². The number of hydrogen-bond acceptors (Lipinski definition) is 1. The Morgan fingerprint density at radius 3 is 1.71 bits per heavy atom. The number of rotatable bonds is 0. The van der Waals surface area contributed by atoms with E-state index in [1.807, 2.05) is 0 Å². The van der Waals surface area contributed by atoms with Crippen molar-refractivity contribution < 1.29 is 0 Å². The molecule has 2 aromatic carbocycles. The van der Waals surface area contributed by atoms with Gasteiger partial charge in [0, 0.05) is 11.4 Å². The van der Waals surface area contributed by atoms with E-state index < -0.39 is 0 Å². The Hall–Kier alpha value is -1.76. The van der Waals surface area contributed by atoms with E-state index in [1.165, 1.54) is 33.6 Å². The van der Waals surface area contributed by atoms with Crippen molar-refractivity contribution in [3.8, 4) is 0 Å². The zero-order valence-electron chi connectivity index (χ0n) is 10.4. The van der Waals surface area contributed by atoms with Crippen molar-refractivity contribution in [2.75, 3.05) is 5.32 Å². The van der Waals surface area contributed by atoms with E-state index in [9.17, 15) is 0 Å². The van der Waals surface area contributed by atoms with Crippen molar-refractivity contribution in [1.29, 1.82) is 0 Å². The molecule has 1 heteroatoms. The lowest BCUT2D eigenvalue weighted by Gasteiger charge is -2.11. The lowest BCUT2D eigenvalue weighted by atomic mass is 9.98. The van der Waals surface area contributed by atoms with Crippen LogP contribution in [0, 0.1) is 13.8 Å². The summed E-state index contributed by atoms with van der Waals surface area (Å²) < 4.78 is 0. The molecule has 1 heterocycles. The molecule has 1 N–H and O–H groups in total. The Kier molecular flexibility index (Phi) is 2.40. The van der Waals surface area contributed by atoms with Gasteiger partial charge in [0.15, 0.2) is 0 Å². The molecule has 86 valence electrons. The Labute approximate surface area is 102 Å². The molecule has 1 aliphatic rings. The highest BCUT2D eigenvalue weighted by Gasteiger charge is 2.14. The number of nitrogens with one attached hydrogen (secondary N) is 1. The zero-order chi connectivity index (χ0) is 11.8. The third kappa shape index (κ3) is 1.72. The molecule has 1 nitrogen and oxygen atoms in total. The van der Waals surface area contributed by atoms with Crippen LogP contribution in [0.4, 0.5) is 11.4 Å². The maximum absolute atomic E-state index is 3.58. The first-order valence-corrected chi connectivity index (χ1v) is 6.20. The second-order valence-electron chi connectivity index (χ2n) is 4.83. The maximum Gasteiger partial charge on any atom is 0.0419 e. The summed E-state index contributed by atoms with van der Waals surface area (Å²) in [6, 6.07) is 13.0. The summed E-state index contributed by atoms with van der Waals surface area (Å²) in [5, 5.41) is 3.58. The molecule has 0 bridgehead atoms. The van der Waals surface area contributed by atoms with Gasteiger partial charge in [-0.25, -0.2) is 0 Å². The van der Waals surface area contributed by atoms with Gasteiger partial charge in [0.25, 0.3) is 0 Å². The van der Waals surface area contributed by atoms with E-state index >= 15 is 0 Å². The minimum atomic E-state index is 1.13. The van der Waals surface area contributed by atoms with Crippen LogP contribution in [0.2, 0.25) is 0 Å². The monoisotopic (exact) mass is 223 g/mol. The van der Waals surface area contributed by atoms with E-state index in [2.05, 4.69) is 55.6 Å². The minimum absolute atomic E-state index is 1.13. The molecular formula is C16H17N. The first kappa shape index (κ1) is 10.4. The largest absolute Gasteiger partial charge is 0.355 e. The summed E-state index contributed by atoms with van der Waals surface area (Å²) in [6.07, 6.45) is 2.26. The van der Waals surface area contributed by atoms with Crippen molar-refractivity contribution in [2.24, 2.45) is 0 Å². The summed E-state index contributed by atoms with van der Waals surface area (Å²) in [6.45, 7) is 4.40. The number of aryl methyl sites for hydroxylation is 2. The smallest absolute Gasteiger partial charge is 0.0419 e. The van der Waals surface area contributed by atoms with Crippen molar-refractivity contribution in [3.05, 3.63) is 58.7 Å². The fraction of sp³-hybridized carbons (Fsp3) is 0.250. The van der Waals surface area contributed by atoms with E-state index in [4.69, 9.17) is 0 Å². The molecule has 0 fully saturated rings. The quantitative estimate of drug-likeness (QED) is 0.707. The van der Waals surface area contributed by atoms with E-state index in [0.717, 1.165) is 12.8 Å². The summed E-state index contributed by atoms with van der Waals surface area (Å²) in [7, 11) is 0. The predicted octanol–water partition coefficient (Wildman–Crippen LogP) is 4.15. The number of anilines is 2. The Balaban J connectivity index is 2.14. The molecule has 2 aromatic rings. The standard InChI is InChI=1S/C16H17N/c1-11-5-3-7-15-13(11)9-10-14-12(2)6-4-8-16(14)17-15/h3-8,17H,9-10H2,1-2H3. The van der Waals surface area contributed by atoms with Crippen molar-refractivity contribution in [1.82, 2.24) is 0 Å². The second kappa shape index (κ2) is 3.92. The van der Waals surface area contributed by atoms with Crippen LogP contribution in [0.3, 0.4) is 0 Å².